The van der Waals surface area contributed by atoms with Crippen LogP contribution < -0.4 is 14.9 Å². The lowest BCUT2D eigenvalue weighted by molar-refractivity contribution is 0.0708. The highest BCUT2D eigenvalue weighted by molar-refractivity contribution is 5.99. The van der Waals surface area contributed by atoms with Gasteiger partial charge in [0.1, 0.15) is 17.1 Å². The van der Waals surface area contributed by atoms with E-state index in [1.807, 2.05) is 31.2 Å². The molecule has 33 heavy (non-hydrogen) atoms. The fraction of sp³-hybridized carbons (Fsp3) is 0.385. The topological polar surface area (TPSA) is 72.2 Å². The number of methoxy groups -OCH3 is 1. The Morgan fingerprint density at radius 2 is 1.70 bits per heavy atom. The van der Waals surface area contributed by atoms with E-state index in [0.717, 1.165) is 18.7 Å². The number of benzene rings is 2. The molecule has 0 saturated carbocycles. The molecule has 1 aromatic heterocycles. The lowest BCUT2D eigenvalue weighted by Crippen LogP contribution is -2.37. The van der Waals surface area contributed by atoms with E-state index in [-0.39, 0.29) is 17.1 Å². The monoisotopic (exact) mass is 450 g/mol. The molecule has 1 aliphatic rings. The van der Waals surface area contributed by atoms with Crippen LogP contribution in [0.2, 0.25) is 0 Å². The Hall–Kier alpha value is -3.32. The highest BCUT2D eigenvalue weighted by Gasteiger charge is 2.42. The first kappa shape index (κ1) is 22.9. The minimum absolute atomic E-state index is 0.113. The Morgan fingerprint density at radius 1 is 1.00 bits per heavy atom. The number of ether oxygens (including phenoxy) is 2. The van der Waals surface area contributed by atoms with Crippen LogP contribution >= 0.6 is 0 Å². The number of rotatable bonds is 9. The normalized spacial score (nSPS) is 15.4. The van der Waals surface area contributed by atoms with Crippen molar-refractivity contribution in [2.45, 2.75) is 26.8 Å². The van der Waals surface area contributed by atoms with Crippen LogP contribution in [-0.2, 0) is 0 Å². The van der Waals surface area contributed by atoms with Gasteiger partial charge in [0.05, 0.1) is 30.7 Å². The Balaban J connectivity index is 1.84. The van der Waals surface area contributed by atoms with Gasteiger partial charge in [0.2, 0.25) is 5.76 Å². The van der Waals surface area contributed by atoms with E-state index in [9.17, 15) is 9.59 Å². The molecule has 1 atom stereocenters. The molecule has 0 spiro atoms. The number of hydrogen-bond donors (Lipinski definition) is 0. The van der Waals surface area contributed by atoms with Gasteiger partial charge in [-0.25, -0.2) is 0 Å². The number of carbonyl (C=O) groups is 1. The third-order valence-corrected chi connectivity index (χ3v) is 6.23. The molecule has 3 aromatic rings. The molecule has 0 saturated heterocycles. The van der Waals surface area contributed by atoms with Gasteiger partial charge < -0.3 is 23.7 Å². The SMILES string of the molecule is CCOc1ccc2c(=O)c3c(oc2c1)C(=O)N(CCN(CC)CC)C3c1ccc(OC)cc1. The summed E-state index contributed by atoms with van der Waals surface area (Å²) in [7, 11) is 1.61. The zero-order chi connectivity index (χ0) is 23.5. The second-order valence-electron chi connectivity index (χ2n) is 7.97. The lowest BCUT2D eigenvalue weighted by Gasteiger charge is -2.28. The zero-order valence-electron chi connectivity index (χ0n) is 19.6. The van der Waals surface area contributed by atoms with E-state index in [1.54, 1.807) is 30.2 Å². The van der Waals surface area contributed by atoms with Gasteiger partial charge in [0.15, 0.2) is 5.43 Å². The predicted molar refractivity (Wildman–Crippen MR) is 127 cm³/mol. The first-order chi connectivity index (χ1) is 16.0. The number of nitrogens with zero attached hydrogens (tertiary/aromatic N) is 2. The molecule has 4 rings (SSSR count). The molecule has 2 heterocycles. The van der Waals surface area contributed by atoms with Crippen LogP contribution in [0.25, 0.3) is 11.0 Å². The van der Waals surface area contributed by atoms with E-state index in [4.69, 9.17) is 13.9 Å². The summed E-state index contributed by atoms with van der Waals surface area (Å²) in [5, 5.41) is 0.439. The quantitative estimate of drug-likeness (QED) is 0.489. The zero-order valence-corrected chi connectivity index (χ0v) is 19.6. The fourth-order valence-corrected chi connectivity index (χ4v) is 4.41. The van der Waals surface area contributed by atoms with Crippen molar-refractivity contribution in [3.8, 4) is 11.5 Å². The van der Waals surface area contributed by atoms with Gasteiger partial charge in [-0.05, 0) is 49.8 Å². The average molecular weight is 451 g/mol. The van der Waals surface area contributed by atoms with Crippen molar-refractivity contribution in [3.63, 3.8) is 0 Å². The summed E-state index contributed by atoms with van der Waals surface area (Å²) in [5.41, 5.74) is 1.41. The summed E-state index contributed by atoms with van der Waals surface area (Å²) in [6.07, 6.45) is 0. The highest BCUT2D eigenvalue weighted by Crippen LogP contribution is 2.38. The van der Waals surface area contributed by atoms with Crippen LogP contribution in [0.1, 0.15) is 48.5 Å². The summed E-state index contributed by atoms with van der Waals surface area (Å²) >= 11 is 0. The van der Waals surface area contributed by atoms with Crippen LogP contribution in [0.4, 0.5) is 0 Å². The van der Waals surface area contributed by atoms with Crippen molar-refractivity contribution in [2.75, 3.05) is 39.9 Å². The molecule has 1 unspecified atom stereocenters. The van der Waals surface area contributed by atoms with Gasteiger partial charge in [-0.3, -0.25) is 9.59 Å². The first-order valence-corrected chi connectivity index (χ1v) is 11.4. The van der Waals surface area contributed by atoms with Gasteiger partial charge in [-0.15, -0.1) is 0 Å². The van der Waals surface area contributed by atoms with E-state index in [2.05, 4.69) is 18.7 Å². The molecule has 7 nitrogen and oxygen atoms in total. The summed E-state index contributed by atoms with van der Waals surface area (Å²) in [4.78, 5) is 31.1. The van der Waals surface area contributed by atoms with Crippen molar-refractivity contribution in [2.24, 2.45) is 0 Å². The number of likely N-dealkylation sites (N-methyl/N-ethyl adjacent to an activating group) is 1. The standard InChI is InChI=1S/C26H30N2O5/c1-5-27(6-2)14-15-28-23(17-8-10-18(31-4)11-9-17)22-24(29)20-13-12-19(32-7-3)16-21(20)33-25(22)26(28)30/h8-13,16,23H,5-7,14-15H2,1-4H3. The number of carbonyl (C=O) groups excluding carboxylic acids is 1. The molecule has 0 aliphatic carbocycles. The van der Waals surface area contributed by atoms with E-state index >= 15 is 0 Å². The third-order valence-electron chi connectivity index (χ3n) is 6.23. The largest absolute Gasteiger partial charge is 0.497 e. The molecule has 7 heteroatoms. The van der Waals surface area contributed by atoms with Gasteiger partial charge in [-0.1, -0.05) is 26.0 Å². The summed E-state index contributed by atoms with van der Waals surface area (Å²) < 4.78 is 16.9. The first-order valence-electron chi connectivity index (χ1n) is 11.4. The van der Waals surface area contributed by atoms with Crippen LogP contribution in [0.3, 0.4) is 0 Å². The van der Waals surface area contributed by atoms with Gasteiger partial charge in [0, 0.05) is 19.2 Å². The van der Waals surface area contributed by atoms with E-state index in [0.29, 0.717) is 47.7 Å². The highest BCUT2D eigenvalue weighted by atomic mass is 16.5. The van der Waals surface area contributed by atoms with Gasteiger partial charge in [0.25, 0.3) is 5.91 Å². The number of amides is 1. The fourth-order valence-electron chi connectivity index (χ4n) is 4.41. The van der Waals surface area contributed by atoms with Crippen molar-refractivity contribution in [1.82, 2.24) is 9.80 Å². The lowest BCUT2D eigenvalue weighted by atomic mass is 9.98. The maximum atomic E-state index is 13.6. The molecule has 0 N–H and O–H groups in total. The number of hydrogen-bond acceptors (Lipinski definition) is 6. The van der Waals surface area contributed by atoms with Crippen molar-refractivity contribution >= 4 is 16.9 Å². The molecular weight excluding hydrogens is 420 g/mol. The second-order valence-corrected chi connectivity index (χ2v) is 7.97. The summed E-state index contributed by atoms with van der Waals surface area (Å²) in [5.74, 6) is 1.16. The smallest absolute Gasteiger partial charge is 0.290 e. The minimum Gasteiger partial charge on any atom is -0.497 e. The van der Waals surface area contributed by atoms with Gasteiger partial charge >= 0.3 is 0 Å². The molecule has 0 fully saturated rings. The Bertz CT molecular complexity index is 1200. The summed E-state index contributed by atoms with van der Waals surface area (Å²) in [6, 6.07) is 12.1. The molecule has 1 amide bonds. The predicted octanol–water partition coefficient (Wildman–Crippen LogP) is 4.09. The average Bonchev–Trinajstić information content (AvgIpc) is 3.12. The van der Waals surface area contributed by atoms with Crippen molar-refractivity contribution in [1.29, 1.82) is 0 Å². The van der Waals surface area contributed by atoms with E-state index < -0.39 is 6.04 Å². The molecular formula is C26H30N2O5. The summed E-state index contributed by atoms with van der Waals surface area (Å²) in [6.45, 7) is 9.55. The van der Waals surface area contributed by atoms with Crippen LogP contribution in [0.5, 0.6) is 11.5 Å². The van der Waals surface area contributed by atoms with Crippen LogP contribution in [0.15, 0.2) is 51.7 Å². The molecule has 2 aromatic carbocycles. The number of fused-ring (bicyclic) bond motifs is 2. The van der Waals surface area contributed by atoms with Crippen LogP contribution in [-0.4, -0.2) is 55.6 Å². The Morgan fingerprint density at radius 3 is 2.33 bits per heavy atom. The maximum absolute atomic E-state index is 13.6. The Kier molecular flexibility index (Phi) is 6.70. The van der Waals surface area contributed by atoms with Crippen molar-refractivity contribution < 1.29 is 18.7 Å². The maximum Gasteiger partial charge on any atom is 0.290 e. The third kappa shape index (κ3) is 4.20. The van der Waals surface area contributed by atoms with Crippen molar-refractivity contribution in [3.05, 3.63) is 69.6 Å². The molecule has 1 aliphatic heterocycles. The Labute approximate surface area is 193 Å². The molecule has 174 valence electrons. The molecule has 0 radical (unpaired) electrons. The second kappa shape index (κ2) is 9.67. The molecule has 0 bridgehead atoms. The van der Waals surface area contributed by atoms with Gasteiger partial charge in [-0.2, -0.15) is 0 Å². The van der Waals surface area contributed by atoms with E-state index in [1.165, 1.54) is 0 Å². The van der Waals surface area contributed by atoms with Crippen LogP contribution in [0, 0.1) is 0 Å². The minimum atomic E-state index is -0.513.